The van der Waals surface area contributed by atoms with Crippen LogP contribution in [0.25, 0.3) is 0 Å². The molecule has 2 N–H and O–H groups in total. The van der Waals surface area contributed by atoms with Crippen molar-refractivity contribution in [1.82, 2.24) is 0 Å². The number of methoxy groups -OCH3 is 1. The van der Waals surface area contributed by atoms with Gasteiger partial charge in [-0.2, -0.15) is 0 Å². The van der Waals surface area contributed by atoms with Crippen LogP contribution >= 0.6 is 22.9 Å². The molecule has 2 aromatic carbocycles. The van der Waals surface area contributed by atoms with Gasteiger partial charge in [-0.05, 0) is 55.8 Å². The van der Waals surface area contributed by atoms with E-state index >= 15 is 0 Å². The fourth-order valence-electron chi connectivity index (χ4n) is 2.99. The molecule has 3 aromatic rings. The van der Waals surface area contributed by atoms with Crippen LogP contribution in [0.2, 0.25) is 5.02 Å². The van der Waals surface area contributed by atoms with Gasteiger partial charge in [0.25, 0.3) is 11.8 Å². The van der Waals surface area contributed by atoms with Crippen LogP contribution in [0.5, 0.6) is 5.75 Å². The van der Waals surface area contributed by atoms with E-state index < -0.39 is 17.8 Å². The molecule has 32 heavy (non-hydrogen) atoms. The predicted molar refractivity (Wildman–Crippen MR) is 125 cm³/mol. The highest BCUT2D eigenvalue weighted by Crippen LogP contribution is 2.35. The van der Waals surface area contributed by atoms with E-state index in [1.54, 1.807) is 62.4 Å². The molecular formula is C23H21ClN2O5S. The lowest BCUT2D eigenvalue weighted by atomic mass is 10.1. The Hall–Kier alpha value is -3.36. The van der Waals surface area contributed by atoms with Crippen LogP contribution in [-0.4, -0.2) is 31.5 Å². The van der Waals surface area contributed by atoms with E-state index in [0.29, 0.717) is 27.6 Å². The van der Waals surface area contributed by atoms with Crippen LogP contribution in [0, 0.1) is 6.92 Å². The van der Waals surface area contributed by atoms with Crippen LogP contribution in [0.4, 0.5) is 10.7 Å². The average Bonchev–Trinajstić information content (AvgIpc) is 3.11. The Balaban J connectivity index is 1.95. The smallest absolute Gasteiger partial charge is 0.341 e. The molecule has 0 aliphatic carbocycles. The van der Waals surface area contributed by atoms with Gasteiger partial charge in [0.15, 0.2) is 0 Å². The first-order valence-electron chi connectivity index (χ1n) is 9.67. The van der Waals surface area contributed by atoms with Crippen molar-refractivity contribution in [2.24, 2.45) is 0 Å². The van der Waals surface area contributed by atoms with Gasteiger partial charge in [0.2, 0.25) is 0 Å². The first kappa shape index (κ1) is 23.3. The first-order chi connectivity index (χ1) is 15.3. The van der Waals surface area contributed by atoms with Gasteiger partial charge in [-0.25, -0.2) is 4.79 Å². The number of benzene rings is 2. The molecule has 0 aliphatic rings. The van der Waals surface area contributed by atoms with Crippen LogP contribution in [0.3, 0.4) is 0 Å². The highest BCUT2D eigenvalue weighted by Gasteiger charge is 2.27. The summed E-state index contributed by atoms with van der Waals surface area (Å²) in [6, 6.07) is 13.4. The number of carbonyl (C=O) groups excluding carboxylic acids is 3. The monoisotopic (exact) mass is 472 g/mol. The Morgan fingerprint density at radius 1 is 1.00 bits per heavy atom. The number of nitrogens with one attached hydrogen (secondary N) is 2. The normalized spacial score (nSPS) is 10.4. The number of thiophene rings is 1. The van der Waals surface area contributed by atoms with Gasteiger partial charge >= 0.3 is 5.97 Å². The van der Waals surface area contributed by atoms with Gasteiger partial charge in [-0.15, -0.1) is 11.3 Å². The molecule has 0 radical (unpaired) electrons. The summed E-state index contributed by atoms with van der Waals surface area (Å²) in [5.74, 6) is -1.13. The highest BCUT2D eigenvalue weighted by atomic mass is 35.5. The van der Waals surface area contributed by atoms with Gasteiger partial charge in [-0.3, -0.25) is 9.59 Å². The summed E-state index contributed by atoms with van der Waals surface area (Å²) in [4.78, 5) is 38.7. The van der Waals surface area contributed by atoms with E-state index in [1.807, 2.05) is 0 Å². The molecule has 0 fully saturated rings. The Labute approximate surface area is 194 Å². The van der Waals surface area contributed by atoms with Gasteiger partial charge in [0, 0.05) is 10.7 Å². The highest BCUT2D eigenvalue weighted by molar-refractivity contribution is 7.19. The third kappa shape index (κ3) is 5.09. The molecule has 7 nitrogen and oxygen atoms in total. The number of rotatable bonds is 7. The largest absolute Gasteiger partial charge is 0.496 e. The predicted octanol–water partition coefficient (Wildman–Crippen LogP) is 5.40. The lowest BCUT2D eigenvalue weighted by molar-refractivity contribution is 0.0527. The third-order valence-electron chi connectivity index (χ3n) is 4.51. The fourth-order valence-corrected chi connectivity index (χ4v) is 4.20. The molecule has 166 valence electrons. The molecule has 3 rings (SSSR count). The minimum absolute atomic E-state index is 0.140. The van der Waals surface area contributed by atoms with Crippen molar-refractivity contribution in [3.63, 3.8) is 0 Å². The zero-order chi connectivity index (χ0) is 23.3. The molecule has 1 heterocycles. The van der Waals surface area contributed by atoms with Gasteiger partial charge < -0.3 is 20.1 Å². The molecule has 0 bridgehead atoms. The number of para-hydroxylation sites is 1. The first-order valence-corrected chi connectivity index (χ1v) is 10.9. The summed E-state index contributed by atoms with van der Waals surface area (Å²) in [5.41, 5.74) is 1.39. The molecule has 0 saturated carbocycles. The zero-order valence-corrected chi connectivity index (χ0v) is 19.2. The van der Waals surface area contributed by atoms with Crippen molar-refractivity contribution < 1.29 is 23.9 Å². The van der Waals surface area contributed by atoms with Gasteiger partial charge in [0.1, 0.15) is 10.8 Å². The lowest BCUT2D eigenvalue weighted by Crippen LogP contribution is -2.15. The number of anilines is 2. The van der Waals surface area contributed by atoms with E-state index in [2.05, 4.69) is 10.6 Å². The van der Waals surface area contributed by atoms with Crippen LogP contribution in [-0.2, 0) is 4.74 Å². The van der Waals surface area contributed by atoms with E-state index in [1.165, 1.54) is 7.11 Å². The summed E-state index contributed by atoms with van der Waals surface area (Å²) < 4.78 is 10.4. The van der Waals surface area contributed by atoms with Crippen LogP contribution in [0.15, 0.2) is 48.5 Å². The molecule has 1 aromatic heterocycles. The maximum absolute atomic E-state index is 12.9. The van der Waals surface area contributed by atoms with Crippen molar-refractivity contribution in [2.45, 2.75) is 13.8 Å². The minimum Gasteiger partial charge on any atom is -0.496 e. The average molecular weight is 473 g/mol. The second kappa shape index (κ2) is 10.3. The summed E-state index contributed by atoms with van der Waals surface area (Å²) in [5, 5.41) is 6.26. The van der Waals surface area contributed by atoms with Crippen LogP contribution < -0.4 is 15.4 Å². The number of hydrogen-bond donors (Lipinski definition) is 2. The van der Waals surface area contributed by atoms with Crippen LogP contribution in [0.1, 0.15) is 42.9 Å². The fraction of sp³-hybridized carbons (Fsp3) is 0.174. The summed E-state index contributed by atoms with van der Waals surface area (Å²) in [6.07, 6.45) is 0. The number of amides is 2. The Kier molecular flexibility index (Phi) is 7.50. The number of carbonyl (C=O) groups is 3. The molecule has 2 amide bonds. The molecule has 9 heteroatoms. The quantitative estimate of drug-likeness (QED) is 0.449. The third-order valence-corrected chi connectivity index (χ3v) is 5.97. The maximum atomic E-state index is 12.9. The van der Waals surface area contributed by atoms with Crippen molar-refractivity contribution in [2.75, 3.05) is 24.4 Å². The number of esters is 1. The van der Waals surface area contributed by atoms with Crippen molar-refractivity contribution in [1.29, 1.82) is 0 Å². The zero-order valence-electron chi connectivity index (χ0n) is 17.7. The summed E-state index contributed by atoms with van der Waals surface area (Å²) in [6.45, 7) is 3.47. The Morgan fingerprint density at radius 3 is 2.34 bits per heavy atom. The lowest BCUT2D eigenvalue weighted by Gasteiger charge is -2.09. The number of halogens is 1. The summed E-state index contributed by atoms with van der Waals surface area (Å²) >= 11 is 6.88. The second-order valence-electron chi connectivity index (χ2n) is 6.60. The molecule has 0 spiro atoms. The van der Waals surface area contributed by atoms with E-state index in [4.69, 9.17) is 21.1 Å². The second-order valence-corrected chi connectivity index (χ2v) is 8.05. The molecule has 0 saturated heterocycles. The van der Waals surface area contributed by atoms with E-state index in [9.17, 15) is 14.4 Å². The topological polar surface area (TPSA) is 93.7 Å². The molecule has 0 unspecified atom stereocenters. The Morgan fingerprint density at radius 2 is 1.69 bits per heavy atom. The Bertz CT molecular complexity index is 1160. The van der Waals surface area contributed by atoms with E-state index in [-0.39, 0.29) is 22.0 Å². The standard InChI is InChI=1S/C23H21ClN2O5S/c1-4-31-23(29)18-13(2)19(21(28)25-15-11-9-14(24)10-12-15)32-22(18)26-20(27)16-7-5-6-8-17(16)30-3/h5-12H,4H2,1-3H3,(H,25,28)(H,26,27). The number of hydrogen-bond acceptors (Lipinski definition) is 6. The molecular weight excluding hydrogens is 452 g/mol. The maximum Gasteiger partial charge on any atom is 0.341 e. The molecule has 0 aliphatic heterocycles. The van der Waals surface area contributed by atoms with Gasteiger partial charge in [0.05, 0.1) is 29.7 Å². The van der Waals surface area contributed by atoms with Crippen molar-refractivity contribution >= 4 is 51.4 Å². The minimum atomic E-state index is -0.623. The molecule has 0 atom stereocenters. The van der Waals surface area contributed by atoms with Crippen molar-refractivity contribution in [3.05, 3.63) is 75.1 Å². The summed E-state index contributed by atoms with van der Waals surface area (Å²) in [7, 11) is 1.46. The van der Waals surface area contributed by atoms with Crippen molar-refractivity contribution in [3.8, 4) is 5.75 Å². The number of ether oxygens (including phenoxy) is 2. The van der Waals surface area contributed by atoms with Gasteiger partial charge in [-0.1, -0.05) is 23.7 Å². The SMILES string of the molecule is CCOC(=O)c1c(NC(=O)c2ccccc2OC)sc(C(=O)Nc2ccc(Cl)cc2)c1C. The van der Waals surface area contributed by atoms with E-state index in [0.717, 1.165) is 11.3 Å².